The molecule has 0 saturated carbocycles. The van der Waals surface area contributed by atoms with Gasteiger partial charge >= 0.3 is 23.9 Å². The van der Waals surface area contributed by atoms with Crippen molar-refractivity contribution in [2.45, 2.75) is 106 Å². The molecule has 0 fully saturated rings. The molecule has 0 saturated heterocycles. The quantitative estimate of drug-likeness (QED) is 0.185. The van der Waals surface area contributed by atoms with E-state index in [0.29, 0.717) is 12.0 Å². The molecular weight excluding hydrogens is 514 g/mol. The van der Waals surface area contributed by atoms with Crippen molar-refractivity contribution in [3.8, 4) is 11.5 Å². The zero-order valence-corrected chi connectivity index (χ0v) is 25.5. The van der Waals surface area contributed by atoms with Gasteiger partial charge in [-0.3, -0.25) is 19.2 Å². The molecule has 226 valence electrons. The SMILES string of the molecule is CCC(C)CC(=O)Oc1ccc(C[C@H](NCC(C)OC(=O)CC(C)CC)C(=O)OC)cc1OC(=O)CC(C)CC. The van der Waals surface area contributed by atoms with E-state index in [1.54, 1.807) is 25.1 Å². The first-order chi connectivity index (χ1) is 18.9. The summed E-state index contributed by atoms with van der Waals surface area (Å²) < 4.78 is 21.6. The molecule has 0 bridgehead atoms. The van der Waals surface area contributed by atoms with Crippen LogP contribution >= 0.6 is 0 Å². The lowest BCUT2D eigenvalue weighted by molar-refractivity contribution is -0.149. The summed E-state index contributed by atoms with van der Waals surface area (Å²) in [5, 5.41) is 3.12. The van der Waals surface area contributed by atoms with Crippen molar-refractivity contribution >= 4 is 23.9 Å². The van der Waals surface area contributed by atoms with Crippen molar-refractivity contribution in [3.63, 3.8) is 0 Å². The summed E-state index contributed by atoms with van der Waals surface area (Å²) in [7, 11) is 1.30. The fourth-order valence-corrected chi connectivity index (χ4v) is 3.70. The van der Waals surface area contributed by atoms with Crippen LogP contribution in [-0.4, -0.2) is 49.7 Å². The molecule has 9 nitrogen and oxygen atoms in total. The van der Waals surface area contributed by atoms with Gasteiger partial charge in [0.05, 0.1) is 7.11 Å². The number of ether oxygens (including phenoxy) is 4. The van der Waals surface area contributed by atoms with Crippen molar-refractivity contribution in [1.82, 2.24) is 5.32 Å². The Balaban J connectivity index is 3.06. The van der Waals surface area contributed by atoms with Crippen molar-refractivity contribution in [3.05, 3.63) is 23.8 Å². The number of rotatable bonds is 18. The van der Waals surface area contributed by atoms with Crippen LogP contribution in [-0.2, 0) is 35.1 Å². The third-order valence-corrected chi connectivity index (χ3v) is 7.00. The number of benzene rings is 1. The first-order valence-electron chi connectivity index (χ1n) is 14.5. The number of hydrogen-bond donors (Lipinski definition) is 1. The molecule has 1 aromatic carbocycles. The first-order valence-corrected chi connectivity index (χ1v) is 14.5. The lowest BCUT2D eigenvalue weighted by atomic mass is 10.0. The highest BCUT2D eigenvalue weighted by atomic mass is 16.6. The fraction of sp³-hybridized carbons (Fsp3) is 0.677. The number of carbonyl (C=O) groups excluding carboxylic acids is 4. The van der Waals surface area contributed by atoms with E-state index in [1.165, 1.54) is 7.11 Å². The van der Waals surface area contributed by atoms with Gasteiger partial charge in [-0.15, -0.1) is 0 Å². The molecular formula is C31H49NO8. The monoisotopic (exact) mass is 563 g/mol. The summed E-state index contributed by atoms with van der Waals surface area (Å²) in [6.07, 6.45) is 3.11. The van der Waals surface area contributed by atoms with Gasteiger partial charge in [0.1, 0.15) is 12.1 Å². The van der Waals surface area contributed by atoms with Crippen LogP contribution in [0.5, 0.6) is 11.5 Å². The van der Waals surface area contributed by atoms with Crippen molar-refractivity contribution < 1.29 is 38.1 Å². The molecule has 0 heterocycles. The van der Waals surface area contributed by atoms with Crippen LogP contribution in [0.1, 0.15) is 92.6 Å². The van der Waals surface area contributed by atoms with Gasteiger partial charge in [-0.2, -0.15) is 0 Å². The maximum atomic E-state index is 12.6. The van der Waals surface area contributed by atoms with Crippen LogP contribution in [0.15, 0.2) is 18.2 Å². The molecule has 0 amide bonds. The summed E-state index contributed by atoms with van der Waals surface area (Å²) in [6.45, 7) is 13.9. The van der Waals surface area contributed by atoms with Gasteiger partial charge in [-0.1, -0.05) is 66.9 Å². The van der Waals surface area contributed by atoms with E-state index in [1.807, 2.05) is 41.5 Å². The molecule has 1 rings (SSSR count). The molecule has 0 aliphatic rings. The highest BCUT2D eigenvalue weighted by Gasteiger charge is 2.23. The average Bonchev–Trinajstić information content (AvgIpc) is 2.91. The summed E-state index contributed by atoms with van der Waals surface area (Å²) in [4.78, 5) is 49.7. The number of hydrogen-bond acceptors (Lipinski definition) is 9. The molecule has 0 aliphatic carbocycles. The number of esters is 4. The van der Waals surface area contributed by atoms with Gasteiger partial charge in [0, 0.05) is 25.8 Å². The first kappa shape index (κ1) is 35.1. The highest BCUT2D eigenvalue weighted by molar-refractivity contribution is 5.77. The maximum Gasteiger partial charge on any atom is 0.323 e. The Morgan fingerprint density at radius 3 is 1.75 bits per heavy atom. The molecule has 1 aromatic rings. The van der Waals surface area contributed by atoms with Crippen molar-refractivity contribution in [2.24, 2.45) is 17.8 Å². The van der Waals surface area contributed by atoms with Crippen LogP contribution in [0.3, 0.4) is 0 Å². The maximum absolute atomic E-state index is 12.6. The van der Waals surface area contributed by atoms with Gasteiger partial charge in [0.2, 0.25) is 0 Å². The topological polar surface area (TPSA) is 117 Å². The predicted octanol–water partition coefficient (Wildman–Crippen LogP) is 5.41. The summed E-state index contributed by atoms with van der Waals surface area (Å²) >= 11 is 0. The van der Waals surface area contributed by atoms with Crippen LogP contribution < -0.4 is 14.8 Å². The van der Waals surface area contributed by atoms with Crippen LogP contribution in [0.25, 0.3) is 0 Å². The average molecular weight is 564 g/mol. The molecule has 4 unspecified atom stereocenters. The highest BCUT2D eigenvalue weighted by Crippen LogP contribution is 2.31. The largest absolute Gasteiger partial charge is 0.468 e. The molecule has 40 heavy (non-hydrogen) atoms. The zero-order valence-electron chi connectivity index (χ0n) is 25.5. The van der Waals surface area contributed by atoms with Gasteiger partial charge in [0.15, 0.2) is 11.5 Å². The Morgan fingerprint density at radius 2 is 1.25 bits per heavy atom. The fourth-order valence-electron chi connectivity index (χ4n) is 3.70. The van der Waals surface area contributed by atoms with E-state index >= 15 is 0 Å². The second kappa shape index (κ2) is 18.4. The third-order valence-electron chi connectivity index (χ3n) is 7.00. The van der Waals surface area contributed by atoms with E-state index in [2.05, 4.69) is 5.32 Å². The van der Waals surface area contributed by atoms with Gasteiger partial charge in [-0.05, 0) is 48.8 Å². The number of methoxy groups -OCH3 is 1. The summed E-state index contributed by atoms with van der Waals surface area (Å²) in [6, 6.07) is 4.14. The minimum atomic E-state index is -0.747. The van der Waals surface area contributed by atoms with E-state index < -0.39 is 30.1 Å². The van der Waals surface area contributed by atoms with Gasteiger partial charge in [0.25, 0.3) is 0 Å². The van der Waals surface area contributed by atoms with Crippen LogP contribution in [0.2, 0.25) is 0 Å². The zero-order chi connectivity index (χ0) is 30.2. The Bertz CT molecular complexity index is 963. The number of nitrogens with one attached hydrogen (secondary N) is 1. The molecule has 0 spiro atoms. The minimum Gasteiger partial charge on any atom is -0.468 e. The van der Waals surface area contributed by atoms with E-state index in [0.717, 1.165) is 19.3 Å². The molecule has 1 N–H and O–H groups in total. The molecule has 5 atom stereocenters. The normalized spacial score (nSPS) is 14.8. The Morgan fingerprint density at radius 1 is 0.750 bits per heavy atom. The van der Waals surface area contributed by atoms with Crippen LogP contribution in [0, 0.1) is 17.8 Å². The molecule has 9 heteroatoms. The Hall–Kier alpha value is -2.94. The summed E-state index contributed by atoms with van der Waals surface area (Å²) in [5.41, 5.74) is 0.664. The standard InChI is InChI=1S/C31H49NO8/c1-9-20(4)14-28(33)38-23(7)19-32-25(31(36)37-8)17-24-12-13-26(39-29(34)15-21(5)10-2)27(18-24)40-30(35)16-22(6)11-3/h12-13,18,20-23,25,32H,9-11,14-17,19H2,1-8H3/t20?,21?,22?,23?,25-/m0/s1. The van der Waals surface area contributed by atoms with E-state index in [9.17, 15) is 19.2 Å². The minimum absolute atomic E-state index is 0.124. The van der Waals surface area contributed by atoms with E-state index in [4.69, 9.17) is 18.9 Å². The smallest absolute Gasteiger partial charge is 0.323 e. The lowest BCUT2D eigenvalue weighted by Gasteiger charge is -2.21. The third kappa shape index (κ3) is 13.4. The molecule has 0 radical (unpaired) electrons. The van der Waals surface area contributed by atoms with Crippen molar-refractivity contribution in [1.29, 1.82) is 0 Å². The second-order valence-electron chi connectivity index (χ2n) is 10.9. The molecule has 0 aromatic heterocycles. The van der Waals surface area contributed by atoms with Crippen molar-refractivity contribution in [2.75, 3.05) is 13.7 Å². The second-order valence-corrected chi connectivity index (χ2v) is 10.9. The number of carbonyl (C=O) groups is 4. The lowest BCUT2D eigenvalue weighted by Crippen LogP contribution is -2.43. The molecule has 0 aliphatic heterocycles. The Labute approximate surface area is 239 Å². The predicted molar refractivity (Wildman–Crippen MR) is 153 cm³/mol. The Kier molecular flexibility index (Phi) is 16.2. The van der Waals surface area contributed by atoms with Gasteiger partial charge < -0.3 is 24.3 Å². The summed E-state index contributed by atoms with van der Waals surface area (Å²) in [5.74, 6) is -0.792. The van der Waals surface area contributed by atoms with Crippen LogP contribution in [0.4, 0.5) is 0 Å². The van der Waals surface area contributed by atoms with E-state index in [-0.39, 0.29) is 61.0 Å². The van der Waals surface area contributed by atoms with Gasteiger partial charge in [-0.25, -0.2) is 0 Å².